The maximum Gasteiger partial charge on any atom is 0.0645 e. The number of benzene rings is 1. The van der Waals surface area contributed by atoms with Crippen molar-refractivity contribution in [3.63, 3.8) is 0 Å². The Morgan fingerprint density at radius 1 is 1.24 bits per heavy atom. The molecule has 0 aliphatic heterocycles. The fraction of sp³-hybridized carbons (Fsp3) is 0.357. The Morgan fingerprint density at radius 3 is 2.47 bits per heavy atom. The van der Waals surface area contributed by atoms with Gasteiger partial charge in [0.05, 0.1) is 5.69 Å². The Bertz CT molecular complexity index is 449. The van der Waals surface area contributed by atoms with E-state index in [-0.39, 0.29) is 5.54 Å². The van der Waals surface area contributed by atoms with E-state index in [0.29, 0.717) is 0 Å². The van der Waals surface area contributed by atoms with Crippen LogP contribution in [0.2, 0.25) is 0 Å². The first-order valence-electron chi connectivity index (χ1n) is 5.92. The standard InChI is InChI=1S/C14H19N3/c1-14(2,15)9-8-12-4-6-13(7-5-12)17-11-3-10-16-17/h3-7,10-11H,8-9,15H2,1-2H3. The van der Waals surface area contributed by atoms with E-state index >= 15 is 0 Å². The number of hydrogen-bond donors (Lipinski definition) is 1. The van der Waals surface area contributed by atoms with Crippen molar-refractivity contribution in [2.45, 2.75) is 32.2 Å². The Kier molecular flexibility index (Phi) is 3.29. The maximum absolute atomic E-state index is 5.98. The lowest BCUT2D eigenvalue weighted by Gasteiger charge is -2.18. The SMILES string of the molecule is CC(C)(N)CCc1ccc(-n2cccn2)cc1. The number of aromatic nitrogens is 2. The molecular formula is C14H19N3. The lowest BCUT2D eigenvalue weighted by molar-refractivity contribution is 0.477. The first-order chi connectivity index (χ1) is 8.04. The molecule has 0 radical (unpaired) electrons. The molecule has 1 aromatic heterocycles. The summed E-state index contributed by atoms with van der Waals surface area (Å²) in [5.41, 5.74) is 8.29. The zero-order valence-corrected chi connectivity index (χ0v) is 10.4. The number of nitrogens with two attached hydrogens (primary N) is 1. The van der Waals surface area contributed by atoms with Gasteiger partial charge in [0, 0.05) is 17.9 Å². The van der Waals surface area contributed by atoms with E-state index in [9.17, 15) is 0 Å². The van der Waals surface area contributed by atoms with Crippen molar-refractivity contribution in [1.82, 2.24) is 9.78 Å². The van der Waals surface area contributed by atoms with Crippen LogP contribution in [0.25, 0.3) is 5.69 Å². The molecule has 1 heterocycles. The van der Waals surface area contributed by atoms with Gasteiger partial charge in [-0.05, 0) is 50.5 Å². The first-order valence-corrected chi connectivity index (χ1v) is 5.92. The molecular weight excluding hydrogens is 210 g/mol. The lowest BCUT2D eigenvalue weighted by atomic mass is 9.96. The third-order valence-corrected chi connectivity index (χ3v) is 2.76. The monoisotopic (exact) mass is 229 g/mol. The predicted molar refractivity (Wildman–Crippen MR) is 70.2 cm³/mol. The van der Waals surface area contributed by atoms with Crippen molar-refractivity contribution in [2.75, 3.05) is 0 Å². The van der Waals surface area contributed by atoms with Gasteiger partial charge in [-0.3, -0.25) is 0 Å². The van der Waals surface area contributed by atoms with Gasteiger partial charge in [-0.1, -0.05) is 12.1 Å². The molecule has 0 atom stereocenters. The highest BCUT2D eigenvalue weighted by molar-refractivity contribution is 5.33. The summed E-state index contributed by atoms with van der Waals surface area (Å²) in [6, 6.07) is 10.4. The van der Waals surface area contributed by atoms with E-state index in [1.54, 1.807) is 6.20 Å². The summed E-state index contributed by atoms with van der Waals surface area (Å²) in [5.74, 6) is 0. The average Bonchev–Trinajstić information content (AvgIpc) is 2.79. The van der Waals surface area contributed by atoms with Crippen LogP contribution in [0.4, 0.5) is 0 Å². The molecule has 2 N–H and O–H groups in total. The quantitative estimate of drug-likeness (QED) is 0.875. The molecule has 0 aliphatic carbocycles. The van der Waals surface area contributed by atoms with Crippen molar-refractivity contribution < 1.29 is 0 Å². The molecule has 90 valence electrons. The van der Waals surface area contributed by atoms with Gasteiger partial charge in [0.15, 0.2) is 0 Å². The Balaban J connectivity index is 2.04. The Labute approximate surface area is 102 Å². The van der Waals surface area contributed by atoms with Gasteiger partial charge in [-0.2, -0.15) is 5.10 Å². The Morgan fingerprint density at radius 2 is 1.94 bits per heavy atom. The predicted octanol–water partition coefficient (Wildman–Crippen LogP) is 2.54. The number of rotatable bonds is 4. The minimum atomic E-state index is -0.0966. The van der Waals surface area contributed by atoms with E-state index in [0.717, 1.165) is 18.5 Å². The molecule has 0 fully saturated rings. The summed E-state index contributed by atoms with van der Waals surface area (Å²) in [6.45, 7) is 4.12. The summed E-state index contributed by atoms with van der Waals surface area (Å²) < 4.78 is 1.86. The second kappa shape index (κ2) is 4.72. The molecule has 2 rings (SSSR count). The summed E-state index contributed by atoms with van der Waals surface area (Å²) in [7, 11) is 0. The van der Waals surface area contributed by atoms with E-state index in [2.05, 4.69) is 43.2 Å². The molecule has 0 saturated carbocycles. The third-order valence-electron chi connectivity index (χ3n) is 2.76. The highest BCUT2D eigenvalue weighted by Gasteiger charge is 2.10. The Hall–Kier alpha value is -1.61. The maximum atomic E-state index is 5.98. The van der Waals surface area contributed by atoms with Crippen LogP contribution in [0, 0.1) is 0 Å². The van der Waals surface area contributed by atoms with Crippen molar-refractivity contribution >= 4 is 0 Å². The highest BCUT2D eigenvalue weighted by Crippen LogP contribution is 2.13. The van der Waals surface area contributed by atoms with Crippen molar-refractivity contribution in [1.29, 1.82) is 0 Å². The topological polar surface area (TPSA) is 43.8 Å². The highest BCUT2D eigenvalue weighted by atomic mass is 15.3. The van der Waals surface area contributed by atoms with Gasteiger partial charge in [0.2, 0.25) is 0 Å². The van der Waals surface area contributed by atoms with Crippen LogP contribution in [-0.4, -0.2) is 15.3 Å². The molecule has 0 unspecified atom stereocenters. The van der Waals surface area contributed by atoms with E-state index in [1.165, 1.54) is 5.56 Å². The molecule has 3 heteroatoms. The van der Waals surface area contributed by atoms with Crippen molar-refractivity contribution in [2.24, 2.45) is 5.73 Å². The minimum absolute atomic E-state index is 0.0966. The van der Waals surface area contributed by atoms with Gasteiger partial charge < -0.3 is 5.73 Å². The zero-order chi connectivity index (χ0) is 12.3. The summed E-state index contributed by atoms with van der Waals surface area (Å²) in [6.07, 6.45) is 5.74. The fourth-order valence-electron chi connectivity index (χ4n) is 1.70. The molecule has 0 amide bonds. The second-order valence-electron chi connectivity index (χ2n) is 5.11. The van der Waals surface area contributed by atoms with Gasteiger partial charge in [0.25, 0.3) is 0 Å². The van der Waals surface area contributed by atoms with Crippen LogP contribution in [-0.2, 0) is 6.42 Å². The van der Waals surface area contributed by atoms with Gasteiger partial charge in [-0.25, -0.2) is 4.68 Å². The third kappa shape index (κ3) is 3.43. The average molecular weight is 229 g/mol. The summed E-state index contributed by atoms with van der Waals surface area (Å²) in [5, 5.41) is 4.20. The van der Waals surface area contributed by atoms with Crippen LogP contribution in [0.3, 0.4) is 0 Å². The molecule has 17 heavy (non-hydrogen) atoms. The summed E-state index contributed by atoms with van der Waals surface area (Å²) in [4.78, 5) is 0. The number of aryl methyl sites for hydroxylation is 1. The van der Waals surface area contributed by atoms with E-state index in [4.69, 9.17) is 5.73 Å². The van der Waals surface area contributed by atoms with E-state index in [1.807, 2.05) is 16.9 Å². The van der Waals surface area contributed by atoms with Crippen LogP contribution in [0.5, 0.6) is 0 Å². The second-order valence-corrected chi connectivity index (χ2v) is 5.11. The molecule has 2 aromatic rings. The van der Waals surface area contributed by atoms with Crippen LogP contribution >= 0.6 is 0 Å². The van der Waals surface area contributed by atoms with Gasteiger partial charge >= 0.3 is 0 Å². The largest absolute Gasteiger partial charge is 0.326 e. The zero-order valence-electron chi connectivity index (χ0n) is 10.4. The molecule has 3 nitrogen and oxygen atoms in total. The lowest BCUT2D eigenvalue weighted by Crippen LogP contribution is -2.32. The van der Waals surface area contributed by atoms with Crippen LogP contribution in [0.15, 0.2) is 42.7 Å². The normalized spacial score (nSPS) is 11.7. The van der Waals surface area contributed by atoms with Crippen LogP contribution < -0.4 is 5.73 Å². The molecule has 1 aromatic carbocycles. The molecule has 0 bridgehead atoms. The smallest absolute Gasteiger partial charge is 0.0645 e. The first kappa shape index (κ1) is 11.9. The fourth-order valence-corrected chi connectivity index (χ4v) is 1.70. The van der Waals surface area contributed by atoms with Crippen molar-refractivity contribution in [3.05, 3.63) is 48.3 Å². The molecule has 0 saturated heterocycles. The molecule has 0 spiro atoms. The number of nitrogens with zero attached hydrogens (tertiary/aromatic N) is 2. The van der Waals surface area contributed by atoms with E-state index < -0.39 is 0 Å². The van der Waals surface area contributed by atoms with Gasteiger partial charge in [0.1, 0.15) is 0 Å². The molecule has 0 aliphatic rings. The summed E-state index contributed by atoms with van der Waals surface area (Å²) >= 11 is 0. The number of hydrogen-bond acceptors (Lipinski definition) is 2. The minimum Gasteiger partial charge on any atom is -0.326 e. The van der Waals surface area contributed by atoms with Crippen molar-refractivity contribution in [3.8, 4) is 5.69 Å². The van der Waals surface area contributed by atoms with Gasteiger partial charge in [-0.15, -0.1) is 0 Å². The van der Waals surface area contributed by atoms with Crippen LogP contribution in [0.1, 0.15) is 25.8 Å².